The lowest BCUT2D eigenvalue weighted by atomic mass is 10.1. The van der Waals surface area contributed by atoms with Crippen LogP contribution in [-0.2, 0) is 0 Å². The SMILES string of the molecule is OCC(Nc1ccc(F)cc1)c1ccc(Cl)cc1Br. The number of hydrogen-bond acceptors (Lipinski definition) is 2. The molecule has 2 nitrogen and oxygen atoms in total. The van der Waals surface area contributed by atoms with Crippen molar-refractivity contribution in [1.82, 2.24) is 0 Å². The molecule has 5 heteroatoms. The predicted octanol–water partition coefficient (Wildman–Crippen LogP) is 4.39. The number of halogens is 3. The van der Waals surface area contributed by atoms with E-state index in [0.717, 1.165) is 15.7 Å². The number of hydrogen-bond donors (Lipinski definition) is 2. The molecule has 0 aliphatic rings. The van der Waals surface area contributed by atoms with Crippen LogP contribution in [0, 0.1) is 5.82 Å². The second kappa shape index (κ2) is 6.37. The van der Waals surface area contributed by atoms with Gasteiger partial charge in [-0.3, -0.25) is 0 Å². The van der Waals surface area contributed by atoms with E-state index < -0.39 is 0 Å². The lowest BCUT2D eigenvalue weighted by Gasteiger charge is -2.19. The van der Waals surface area contributed by atoms with Gasteiger partial charge in [-0.25, -0.2) is 4.39 Å². The van der Waals surface area contributed by atoms with Gasteiger partial charge in [0.25, 0.3) is 0 Å². The minimum absolute atomic E-state index is 0.0857. The van der Waals surface area contributed by atoms with Crippen molar-refractivity contribution in [3.05, 3.63) is 63.3 Å². The van der Waals surface area contributed by atoms with Crippen LogP contribution in [0.4, 0.5) is 10.1 Å². The maximum atomic E-state index is 12.8. The van der Waals surface area contributed by atoms with E-state index in [1.807, 2.05) is 6.07 Å². The monoisotopic (exact) mass is 343 g/mol. The van der Waals surface area contributed by atoms with E-state index in [4.69, 9.17) is 11.6 Å². The Hall–Kier alpha value is -1.10. The van der Waals surface area contributed by atoms with Crippen LogP contribution in [0.15, 0.2) is 46.9 Å². The molecule has 2 N–H and O–H groups in total. The van der Waals surface area contributed by atoms with Crippen LogP contribution in [0.1, 0.15) is 11.6 Å². The van der Waals surface area contributed by atoms with Crippen molar-refractivity contribution in [2.75, 3.05) is 11.9 Å². The van der Waals surface area contributed by atoms with Gasteiger partial charge in [0.05, 0.1) is 12.6 Å². The molecule has 2 aromatic carbocycles. The zero-order valence-corrected chi connectivity index (χ0v) is 12.2. The Labute approximate surface area is 124 Å². The number of rotatable bonds is 4. The summed E-state index contributed by atoms with van der Waals surface area (Å²) >= 11 is 9.31. The molecule has 1 unspecified atom stereocenters. The average molecular weight is 345 g/mol. The van der Waals surface area contributed by atoms with E-state index in [1.54, 1.807) is 24.3 Å². The standard InChI is InChI=1S/C14H12BrClFNO/c15-13-7-9(16)1-6-12(13)14(8-19)18-11-4-2-10(17)3-5-11/h1-7,14,18-19H,8H2. The summed E-state index contributed by atoms with van der Waals surface area (Å²) in [5, 5.41) is 13.3. The van der Waals surface area contributed by atoms with Gasteiger partial charge >= 0.3 is 0 Å². The fourth-order valence-corrected chi connectivity index (χ4v) is 2.71. The fraction of sp³-hybridized carbons (Fsp3) is 0.143. The summed E-state index contributed by atoms with van der Waals surface area (Å²) in [6.07, 6.45) is 0. The fourth-order valence-electron chi connectivity index (χ4n) is 1.75. The minimum atomic E-state index is -0.294. The molecule has 1 atom stereocenters. The quantitative estimate of drug-likeness (QED) is 0.862. The number of aliphatic hydroxyl groups is 1. The molecular formula is C14H12BrClFNO. The molecule has 0 amide bonds. The van der Waals surface area contributed by atoms with Crippen LogP contribution in [-0.4, -0.2) is 11.7 Å². The van der Waals surface area contributed by atoms with Crippen molar-refractivity contribution in [3.8, 4) is 0 Å². The van der Waals surface area contributed by atoms with E-state index in [9.17, 15) is 9.50 Å². The lowest BCUT2D eigenvalue weighted by Crippen LogP contribution is -2.15. The molecule has 2 aromatic rings. The van der Waals surface area contributed by atoms with Crippen LogP contribution in [0.5, 0.6) is 0 Å². The van der Waals surface area contributed by atoms with Gasteiger partial charge in [0, 0.05) is 15.2 Å². The summed E-state index contributed by atoms with van der Waals surface area (Å²) < 4.78 is 13.7. The Morgan fingerprint density at radius 1 is 1.21 bits per heavy atom. The average Bonchev–Trinajstić information content (AvgIpc) is 2.39. The largest absolute Gasteiger partial charge is 0.394 e. The maximum Gasteiger partial charge on any atom is 0.123 e. The predicted molar refractivity (Wildman–Crippen MR) is 79.0 cm³/mol. The van der Waals surface area contributed by atoms with E-state index in [2.05, 4.69) is 21.2 Å². The third kappa shape index (κ3) is 3.69. The second-order valence-corrected chi connectivity index (χ2v) is 5.34. The third-order valence-corrected chi connectivity index (χ3v) is 3.63. The Morgan fingerprint density at radius 3 is 2.47 bits per heavy atom. The Bertz CT molecular complexity index is 562. The van der Waals surface area contributed by atoms with Gasteiger partial charge in [0.15, 0.2) is 0 Å². The molecule has 0 fully saturated rings. The van der Waals surface area contributed by atoms with Crippen LogP contribution < -0.4 is 5.32 Å². The van der Waals surface area contributed by atoms with Crippen LogP contribution in [0.3, 0.4) is 0 Å². The van der Waals surface area contributed by atoms with Gasteiger partial charge in [-0.15, -0.1) is 0 Å². The first kappa shape index (κ1) is 14.3. The Morgan fingerprint density at radius 2 is 1.89 bits per heavy atom. The normalized spacial score (nSPS) is 12.2. The molecule has 0 radical (unpaired) electrons. The van der Waals surface area contributed by atoms with Crippen LogP contribution in [0.25, 0.3) is 0 Å². The number of nitrogens with one attached hydrogen (secondary N) is 1. The number of aliphatic hydroxyl groups excluding tert-OH is 1. The number of anilines is 1. The van der Waals surface area contributed by atoms with Gasteiger partial charge in [0.1, 0.15) is 5.82 Å². The lowest BCUT2D eigenvalue weighted by molar-refractivity contribution is 0.276. The van der Waals surface area contributed by atoms with Gasteiger partial charge in [0.2, 0.25) is 0 Å². The molecule has 0 saturated carbocycles. The zero-order valence-electron chi connectivity index (χ0n) is 9.91. The van der Waals surface area contributed by atoms with Crippen molar-refractivity contribution in [3.63, 3.8) is 0 Å². The topological polar surface area (TPSA) is 32.3 Å². The maximum absolute atomic E-state index is 12.8. The van der Waals surface area contributed by atoms with Crippen LogP contribution in [0.2, 0.25) is 5.02 Å². The van der Waals surface area contributed by atoms with Crippen molar-refractivity contribution < 1.29 is 9.50 Å². The van der Waals surface area contributed by atoms with Gasteiger partial charge in [-0.2, -0.15) is 0 Å². The van der Waals surface area contributed by atoms with Crippen LogP contribution >= 0.6 is 27.5 Å². The van der Waals surface area contributed by atoms with Crippen molar-refractivity contribution in [2.45, 2.75) is 6.04 Å². The van der Waals surface area contributed by atoms with Crippen molar-refractivity contribution in [2.24, 2.45) is 0 Å². The first-order valence-corrected chi connectivity index (χ1v) is 6.85. The molecule has 0 saturated heterocycles. The highest BCUT2D eigenvalue weighted by Crippen LogP contribution is 2.28. The minimum Gasteiger partial charge on any atom is -0.394 e. The summed E-state index contributed by atoms with van der Waals surface area (Å²) in [4.78, 5) is 0. The summed E-state index contributed by atoms with van der Waals surface area (Å²) in [5.74, 6) is -0.293. The molecular weight excluding hydrogens is 333 g/mol. The molecule has 0 spiro atoms. The molecule has 0 aromatic heterocycles. The number of benzene rings is 2. The van der Waals surface area contributed by atoms with Gasteiger partial charge in [-0.1, -0.05) is 33.6 Å². The smallest absolute Gasteiger partial charge is 0.123 e. The second-order valence-electron chi connectivity index (χ2n) is 4.05. The molecule has 0 bridgehead atoms. The highest BCUT2D eigenvalue weighted by atomic mass is 79.9. The molecule has 0 heterocycles. The first-order valence-electron chi connectivity index (χ1n) is 5.68. The molecule has 0 aliphatic heterocycles. The molecule has 0 aliphatic carbocycles. The van der Waals surface area contributed by atoms with E-state index in [-0.39, 0.29) is 18.5 Å². The van der Waals surface area contributed by atoms with Gasteiger partial charge in [-0.05, 0) is 42.0 Å². The summed E-state index contributed by atoms with van der Waals surface area (Å²) in [6.45, 7) is -0.0857. The third-order valence-electron chi connectivity index (χ3n) is 2.71. The van der Waals surface area contributed by atoms with E-state index in [1.165, 1.54) is 12.1 Å². The van der Waals surface area contributed by atoms with Crippen molar-refractivity contribution >= 4 is 33.2 Å². The van der Waals surface area contributed by atoms with E-state index in [0.29, 0.717) is 5.02 Å². The Balaban J connectivity index is 2.22. The summed E-state index contributed by atoms with van der Waals surface area (Å²) in [6, 6.07) is 11.1. The highest BCUT2D eigenvalue weighted by Gasteiger charge is 2.13. The first-order chi connectivity index (χ1) is 9.10. The molecule has 100 valence electrons. The van der Waals surface area contributed by atoms with Gasteiger partial charge < -0.3 is 10.4 Å². The van der Waals surface area contributed by atoms with Crippen molar-refractivity contribution in [1.29, 1.82) is 0 Å². The summed E-state index contributed by atoms with van der Waals surface area (Å²) in [7, 11) is 0. The zero-order chi connectivity index (χ0) is 13.8. The molecule has 2 rings (SSSR count). The summed E-state index contributed by atoms with van der Waals surface area (Å²) in [5.41, 5.74) is 1.62. The highest BCUT2D eigenvalue weighted by molar-refractivity contribution is 9.10. The van der Waals surface area contributed by atoms with E-state index >= 15 is 0 Å². The Kier molecular flexibility index (Phi) is 4.80. The molecule has 19 heavy (non-hydrogen) atoms.